The van der Waals surface area contributed by atoms with Gasteiger partial charge in [0, 0.05) is 17.1 Å². The Morgan fingerprint density at radius 2 is 1.34 bits per heavy atom. The van der Waals surface area contributed by atoms with Crippen LogP contribution in [0.5, 0.6) is 0 Å². The Labute approximate surface area is 200 Å². The molecule has 1 nitrogen and oxygen atoms in total. The first-order valence-corrected chi connectivity index (χ1v) is 13.3. The van der Waals surface area contributed by atoms with Gasteiger partial charge in [0.05, 0.1) is 0 Å². The lowest BCUT2D eigenvalue weighted by atomic mass is 9.83. The summed E-state index contributed by atoms with van der Waals surface area (Å²) in [6.45, 7) is 4.28. The van der Waals surface area contributed by atoms with Gasteiger partial charge in [0.1, 0.15) is 16.1 Å². The van der Waals surface area contributed by atoms with Crippen molar-refractivity contribution in [1.82, 2.24) is 0 Å². The topological polar surface area (TPSA) is 9.23 Å². The summed E-state index contributed by atoms with van der Waals surface area (Å²) in [4.78, 5) is 0. The highest BCUT2D eigenvalue weighted by atomic mass is 32.2. The first-order valence-electron chi connectivity index (χ1n) is 11.2. The lowest BCUT2D eigenvalue weighted by molar-refractivity contribution is 0.375. The van der Waals surface area contributed by atoms with Gasteiger partial charge in [-0.25, -0.2) is 0 Å². The van der Waals surface area contributed by atoms with Gasteiger partial charge in [-0.15, -0.1) is 23.5 Å². The molecule has 3 aromatic rings. The molecule has 0 aromatic heterocycles. The van der Waals surface area contributed by atoms with E-state index in [-0.39, 0.29) is 5.92 Å². The Bertz CT molecular complexity index is 1120. The van der Waals surface area contributed by atoms with E-state index in [9.17, 15) is 0 Å². The molecule has 3 heteroatoms. The van der Waals surface area contributed by atoms with E-state index in [1.807, 2.05) is 23.5 Å². The number of benzene rings is 3. The molecule has 162 valence electrons. The Kier molecular flexibility index (Phi) is 6.47. The third-order valence-electron chi connectivity index (χ3n) is 6.01. The van der Waals surface area contributed by atoms with Crippen molar-refractivity contribution in [3.63, 3.8) is 0 Å². The van der Waals surface area contributed by atoms with E-state index in [0.29, 0.717) is 4.58 Å². The Balaban J connectivity index is 1.68. The molecule has 1 saturated heterocycles. The van der Waals surface area contributed by atoms with Crippen LogP contribution < -0.4 is 0 Å². The summed E-state index contributed by atoms with van der Waals surface area (Å²) in [6, 6.07) is 28.5. The van der Waals surface area contributed by atoms with Crippen molar-refractivity contribution in [3.05, 3.63) is 119 Å². The number of hydrogen-bond donors (Lipinski definition) is 0. The maximum atomic E-state index is 6.79. The minimum Gasteiger partial charge on any atom is -0.459 e. The number of hydrogen-bond acceptors (Lipinski definition) is 3. The molecule has 0 spiro atoms. The van der Waals surface area contributed by atoms with E-state index in [2.05, 4.69) is 98.8 Å². The molecule has 2 heterocycles. The van der Waals surface area contributed by atoms with Crippen LogP contribution in [-0.4, -0.2) is 16.1 Å². The van der Waals surface area contributed by atoms with Crippen LogP contribution in [0, 0.1) is 13.8 Å². The Hall–Kier alpha value is -2.36. The van der Waals surface area contributed by atoms with Crippen LogP contribution in [0.2, 0.25) is 0 Å². The molecule has 5 rings (SSSR count). The first kappa shape index (κ1) is 21.5. The number of thioether (sulfide) groups is 2. The minimum atomic E-state index is 0.154. The zero-order valence-corrected chi connectivity index (χ0v) is 20.2. The molecule has 0 bridgehead atoms. The maximum Gasteiger partial charge on any atom is 0.132 e. The molecule has 1 atom stereocenters. The summed E-state index contributed by atoms with van der Waals surface area (Å²) < 4.78 is 7.11. The minimum absolute atomic E-state index is 0.154. The summed E-state index contributed by atoms with van der Waals surface area (Å²) in [5, 5.41) is 0. The maximum absolute atomic E-state index is 6.79. The van der Waals surface area contributed by atoms with Crippen LogP contribution in [0.25, 0.3) is 11.3 Å². The fourth-order valence-corrected chi connectivity index (χ4v) is 7.11. The largest absolute Gasteiger partial charge is 0.459 e. The smallest absolute Gasteiger partial charge is 0.132 e. The summed E-state index contributed by atoms with van der Waals surface area (Å²) in [6.07, 6.45) is 3.58. The zero-order chi connectivity index (χ0) is 21.9. The zero-order valence-electron chi connectivity index (χ0n) is 18.6. The van der Waals surface area contributed by atoms with Gasteiger partial charge in [-0.05, 0) is 49.0 Å². The molecule has 32 heavy (non-hydrogen) atoms. The van der Waals surface area contributed by atoms with Gasteiger partial charge in [-0.3, -0.25) is 0 Å². The Morgan fingerprint density at radius 3 is 2.00 bits per heavy atom. The molecular weight excluding hydrogens is 428 g/mol. The van der Waals surface area contributed by atoms with E-state index in [1.165, 1.54) is 45.8 Å². The number of ether oxygens (including phenoxy) is 1. The van der Waals surface area contributed by atoms with Gasteiger partial charge in [-0.2, -0.15) is 0 Å². The average Bonchev–Trinajstić information content (AvgIpc) is 2.85. The second-order valence-electron chi connectivity index (χ2n) is 8.46. The second-order valence-corrected chi connectivity index (χ2v) is 11.2. The third kappa shape index (κ3) is 4.55. The fourth-order valence-electron chi connectivity index (χ4n) is 4.26. The quantitative estimate of drug-likeness (QED) is 0.393. The first-order chi connectivity index (χ1) is 15.7. The summed E-state index contributed by atoms with van der Waals surface area (Å²) >= 11 is 4.04. The van der Waals surface area contributed by atoms with Crippen LogP contribution in [0.1, 0.15) is 40.2 Å². The number of aryl methyl sites for hydroxylation is 2. The molecule has 1 fully saturated rings. The number of rotatable bonds is 4. The van der Waals surface area contributed by atoms with E-state index >= 15 is 0 Å². The molecule has 2 aliphatic rings. The van der Waals surface area contributed by atoms with Crippen molar-refractivity contribution < 1.29 is 4.74 Å². The van der Waals surface area contributed by atoms with Crippen molar-refractivity contribution in [2.75, 3.05) is 11.5 Å². The fraction of sp³-hybridized carbons (Fsp3) is 0.241. The monoisotopic (exact) mass is 456 g/mol. The van der Waals surface area contributed by atoms with Crippen LogP contribution >= 0.6 is 23.5 Å². The van der Waals surface area contributed by atoms with Crippen molar-refractivity contribution in [1.29, 1.82) is 0 Å². The summed E-state index contributed by atoms with van der Waals surface area (Å²) in [5.41, 5.74) is 7.55. The Morgan fingerprint density at radius 1 is 0.719 bits per heavy atom. The molecule has 1 unspecified atom stereocenters. The van der Waals surface area contributed by atoms with Gasteiger partial charge in [-0.1, -0.05) is 90.0 Å². The second kappa shape index (κ2) is 9.64. The molecule has 0 aliphatic carbocycles. The molecule has 0 N–H and O–H groups in total. The molecule has 0 radical (unpaired) electrons. The van der Waals surface area contributed by atoms with E-state index in [0.717, 1.165) is 17.1 Å². The van der Waals surface area contributed by atoms with Gasteiger partial charge in [0.15, 0.2) is 0 Å². The van der Waals surface area contributed by atoms with Gasteiger partial charge < -0.3 is 4.74 Å². The highest BCUT2D eigenvalue weighted by molar-refractivity contribution is 8.17. The highest BCUT2D eigenvalue weighted by Crippen LogP contribution is 2.49. The SMILES string of the molecule is Cc1ccc(C2=CC(c3ccc(C)cc3)C(c3ccccc3)=C(C3SCCCS3)O2)cc1. The van der Waals surface area contributed by atoms with Crippen LogP contribution in [0.4, 0.5) is 0 Å². The lowest BCUT2D eigenvalue weighted by Crippen LogP contribution is -2.19. The summed E-state index contributed by atoms with van der Waals surface area (Å²) in [5.74, 6) is 4.62. The van der Waals surface area contributed by atoms with E-state index in [1.54, 1.807) is 0 Å². The van der Waals surface area contributed by atoms with Gasteiger partial charge in [0.2, 0.25) is 0 Å². The van der Waals surface area contributed by atoms with Crippen LogP contribution in [-0.2, 0) is 4.74 Å². The predicted molar refractivity (Wildman–Crippen MR) is 141 cm³/mol. The normalized spacial score (nSPS) is 19.4. The van der Waals surface area contributed by atoms with Crippen molar-refractivity contribution in [2.24, 2.45) is 0 Å². The van der Waals surface area contributed by atoms with Crippen LogP contribution in [0.15, 0.2) is 90.7 Å². The number of allylic oxidation sites excluding steroid dienone is 2. The third-order valence-corrected chi connectivity index (χ3v) is 8.91. The molecule has 2 aliphatic heterocycles. The molecular formula is C29H28OS2. The summed E-state index contributed by atoms with van der Waals surface area (Å²) in [7, 11) is 0. The molecule has 0 saturated carbocycles. The van der Waals surface area contributed by atoms with Crippen molar-refractivity contribution in [2.45, 2.75) is 30.8 Å². The standard InChI is InChI=1S/C29H28OS2/c1-20-9-13-22(14-10-20)25-19-26(23-15-11-21(2)12-16-23)30-28(29-31-17-6-18-32-29)27(25)24-7-4-3-5-8-24/h3-5,7-16,19,25,29H,6,17-18H2,1-2H3. The van der Waals surface area contributed by atoms with Crippen molar-refractivity contribution in [3.8, 4) is 0 Å². The lowest BCUT2D eigenvalue weighted by Gasteiger charge is -2.33. The molecule has 3 aromatic carbocycles. The van der Waals surface area contributed by atoms with Crippen LogP contribution in [0.3, 0.4) is 0 Å². The average molecular weight is 457 g/mol. The predicted octanol–water partition coefficient (Wildman–Crippen LogP) is 8.07. The van der Waals surface area contributed by atoms with E-state index < -0.39 is 0 Å². The van der Waals surface area contributed by atoms with Gasteiger partial charge in [0.25, 0.3) is 0 Å². The van der Waals surface area contributed by atoms with Gasteiger partial charge >= 0.3 is 0 Å². The highest BCUT2D eigenvalue weighted by Gasteiger charge is 2.33. The van der Waals surface area contributed by atoms with Crippen molar-refractivity contribution >= 4 is 34.9 Å². The molecule has 0 amide bonds. The van der Waals surface area contributed by atoms with E-state index in [4.69, 9.17) is 4.74 Å².